The van der Waals surface area contributed by atoms with Crippen LogP contribution in [-0.4, -0.2) is 58.1 Å². The van der Waals surface area contributed by atoms with Crippen molar-refractivity contribution in [3.63, 3.8) is 0 Å². The highest BCUT2D eigenvalue weighted by molar-refractivity contribution is 7.89. The number of amides is 1. The molecule has 1 aliphatic heterocycles. The Morgan fingerprint density at radius 2 is 1.73 bits per heavy atom. The highest BCUT2D eigenvalue weighted by Crippen LogP contribution is 2.32. The summed E-state index contributed by atoms with van der Waals surface area (Å²) in [5.41, 5.74) is -0.254. The largest absolute Gasteiger partial charge is 0.482 e. The zero-order valence-corrected chi connectivity index (χ0v) is 21.7. The van der Waals surface area contributed by atoms with Crippen LogP contribution in [0.1, 0.15) is 37.7 Å². The highest BCUT2D eigenvalue weighted by atomic mass is 35.5. The Morgan fingerprint density at radius 3 is 2.38 bits per heavy atom. The van der Waals surface area contributed by atoms with Crippen molar-refractivity contribution in [2.24, 2.45) is 0 Å². The molecule has 7 nitrogen and oxygen atoms in total. The number of carbonyl (C=O) groups is 1. The number of carbonyl (C=O) groups excluding carboxylic acids is 1. The van der Waals surface area contributed by atoms with Gasteiger partial charge in [0.2, 0.25) is 10.0 Å². The molecule has 0 atom stereocenters. The Balaban J connectivity index is 1.29. The van der Waals surface area contributed by atoms with Gasteiger partial charge in [0, 0.05) is 37.9 Å². The molecule has 4 rings (SSSR count). The topological polar surface area (TPSA) is 78.9 Å². The van der Waals surface area contributed by atoms with E-state index in [1.54, 1.807) is 15.9 Å². The van der Waals surface area contributed by atoms with Gasteiger partial charge in [-0.1, -0.05) is 36.9 Å². The summed E-state index contributed by atoms with van der Waals surface area (Å²) in [4.78, 5) is 16.1. The fraction of sp³-hybridized carbons (Fsp3) is 0.480. The van der Waals surface area contributed by atoms with Crippen molar-refractivity contribution < 1.29 is 31.1 Å². The number of nitrogens with one attached hydrogen (secondary N) is 1. The number of benzene rings is 2. The maximum absolute atomic E-state index is 13.0. The van der Waals surface area contributed by atoms with E-state index >= 15 is 0 Å². The molecule has 0 bridgehead atoms. The van der Waals surface area contributed by atoms with E-state index in [1.165, 1.54) is 24.3 Å². The first-order valence-corrected chi connectivity index (χ1v) is 14.0. The number of nitrogens with zero attached hydrogens (tertiary/aromatic N) is 2. The third kappa shape index (κ3) is 7.08. The lowest BCUT2D eigenvalue weighted by Gasteiger charge is -2.36. The van der Waals surface area contributed by atoms with Gasteiger partial charge >= 0.3 is 6.18 Å². The molecule has 202 valence electrons. The number of sulfonamides is 1. The molecular formula is C25H29ClF3N3O4S. The van der Waals surface area contributed by atoms with Gasteiger partial charge in [0.1, 0.15) is 5.75 Å². The van der Waals surface area contributed by atoms with Crippen molar-refractivity contribution in [2.75, 3.05) is 37.7 Å². The Morgan fingerprint density at radius 1 is 1.03 bits per heavy atom. The molecule has 0 unspecified atom stereocenters. The van der Waals surface area contributed by atoms with Crippen LogP contribution in [0.5, 0.6) is 5.75 Å². The summed E-state index contributed by atoms with van der Waals surface area (Å²) < 4.78 is 72.7. The van der Waals surface area contributed by atoms with Gasteiger partial charge in [-0.3, -0.25) is 4.79 Å². The summed E-state index contributed by atoms with van der Waals surface area (Å²) in [5.74, 6) is -0.107. The molecule has 2 aromatic carbocycles. The van der Waals surface area contributed by atoms with E-state index in [1.807, 2.05) is 0 Å². The van der Waals surface area contributed by atoms with E-state index in [0.29, 0.717) is 31.9 Å². The molecule has 0 aromatic heterocycles. The first kappa shape index (κ1) is 27.5. The van der Waals surface area contributed by atoms with E-state index < -0.39 is 21.8 Å². The van der Waals surface area contributed by atoms with E-state index in [2.05, 4.69) is 4.72 Å². The van der Waals surface area contributed by atoms with Crippen LogP contribution < -0.4 is 14.4 Å². The average molecular weight is 560 g/mol. The molecule has 37 heavy (non-hydrogen) atoms. The minimum atomic E-state index is -4.42. The second-order valence-corrected chi connectivity index (χ2v) is 11.4. The standard InChI is InChI=1S/C25H29ClF3N3O4S/c26-22-16-21(37(34,35)30-19-6-2-1-3-7-19)9-10-23(22)36-17-24(33)32-13-11-31(12-14-32)20-8-4-5-18(15-20)25(27,28)29/h4-5,8-10,15-16,19,30H,1-3,6-7,11-14,17H2. The van der Waals surface area contributed by atoms with Crippen LogP contribution in [0.3, 0.4) is 0 Å². The summed E-state index contributed by atoms with van der Waals surface area (Å²) in [5, 5.41) is 0.0775. The van der Waals surface area contributed by atoms with Gasteiger partial charge in [-0.15, -0.1) is 0 Å². The molecule has 1 amide bonds. The molecule has 1 aliphatic carbocycles. The van der Waals surface area contributed by atoms with E-state index in [4.69, 9.17) is 16.3 Å². The number of hydrogen-bond acceptors (Lipinski definition) is 5. The minimum Gasteiger partial charge on any atom is -0.482 e. The van der Waals surface area contributed by atoms with Gasteiger partial charge in [-0.05, 0) is 49.2 Å². The van der Waals surface area contributed by atoms with Crippen LogP contribution in [0.4, 0.5) is 18.9 Å². The molecular weight excluding hydrogens is 531 g/mol. The molecule has 1 heterocycles. The lowest BCUT2D eigenvalue weighted by Crippen LogP contribution is -2.50. The number of hydrogen-bond donors (Lipinski definition) is 1. The second kappa shape index (κ2) is 11.5. The molecule has 0 spiro atoms. The summed E-state index contributed by atoms with van der Waals surface area (Å²) >= 11 is 6.25. The quantitative estimate of drug-likeness (QED) is 0.532. The second-order valence-electron chi connectivity index (χ2n) is 9.25. The third-order valence-corrected chi connectivity index (χ3v) is 8.48. The van der Waals surface area contributed by atoms with Crippen LogP contribution in [0, 0.1) is 0 Å². The summed E-state index contributed by atoms with van der Waals surface area (Å²) in [6.45, 7) is 1.13. The predicted molar refractivity (Wildman–Crippen MR) is 134 cm³/mol. The fourth-order valence-electron chi connectivity index (χ4n) is 4.60. The number of piperazine rings is 1. The van der Waals surface area contributed by atoms with Gasteiger partial charge in [0.15, 0.2) is 6.61 Å². The molecule has 1 N–H and O–H groups in total. The summed E-state index contributed by atoms with van der Waals surface area (Å²) in [7, 11) is -3.72. The molecule has 2 aromatic rings. The van der Waals surface area contributed by atoms with Crippen LogP contribution in [0.15, 0.2) is 47.4 Å². The van der Waals surface area contributed by atoms with Crippen LogP contribution in [-0.2, 0) is 21.0 Å². The van der Waals surface area contributed by atoms with Crippen LogP contribution in [0.25, 0.3) is 0 Å². The SMILES string of the molecule is O=C(COc1ccc(S(=O)(=O)NC2CCCCC2)cc1Cl)N1CCN(c2cccc(C(F)(F)F)c2)CC1. The zero-order chi connectivity index (χ0) is 26.6. The van der Waals surface area contributed by atoms with Crippen molar-refractivity contribution in [1.82, 2.24) is 9.62 Å². The summed E-state index contributed by atoms with van der Waals surface area (Å²) in [6.07, 6.45) is 0.306. The van der Waals surface area contributed by atoms with Crippen molar-refractivity contribution in [1.29, 1.82) is 0 Å². The van der Waals surface area contributed by atoms with Crippen LogP contribution in [0.2, 0.25) is 5.02 Å². The maximum Gasteiger partial charge on any atom is 0.416 e. The average Bonchev–Trinajstić information content (AvgIpc) is 2.88. The summed E-state index contributed by atoms with van der Waals surface area (Å²) in [6, 6.07) is 9.17. The fourth-order valence-corrected chi connectivity index (χ4v) is 6.23. The van der Waals surface area contributed by atoms with Crippen molar-refractivity contribution >= 4 is 33.2 Å². The zero-order valence-electron chi connectivity index (χ0n) is 20.1. The first-order valence-electron chi connectivity index (χ1n) is 12.2. The van der Waals surface area contributed by atoms with E-state index in [-0.39, 0.29) is 34.2 Å². The molecule has 2 aliphatic rings. The number of ether oxygens (including phenoxy) is 1. The Labute approximate surface area is 219 Å². The third-order valence-electron chi connectivity index (χ3n) is 6.66. The smallest absolute Gasteiger partial charge is 0.416 e. The minimum absolute atomic E-state index is 0.0347. The number of alkyl halides is 3. The van der Waals surface area contributed by atoms with Gasteiger partial charge in [-0.2, -0.15) is 13.2 Å². The molecule has 1 saturated heterocycles. The first-order chi connectivity index (χ1) is 17.5. The van der Waals surface area contributed by atoms with E-state index in [9.17, 15) is 26.4 Å². The number of halogens is 4. The molecule has 12 heteroatoms. The van der Waals surface area contributed by atoms with E-state index in [0.717, 1.165) is 44.2 Å². The lowest BCUT2D eigenvalue weighted by molar-refractivity contribution is -0.137. The lowest BCUT2D eigenvalue weighted by atomic mass is 9.96. The van der Waals surface area contributed by atoms with Crippen molar-refractivity contribution in [3.8, 4) is 5.75 Å². The van der Waals surface area contributed by atoms with Crippen LogP contribution >= 0.6 is 11.6 Å². The van der Waals surface area contributed by atoms with Crippen molar-refractivity contribution in [3.05, 3.63) is 53.1 Å². The van der Waals surface area contributed by atoms with Gasteiger partial charge < -0.3 is 14.5 Å². The Hall–Kier alpha value is -2.50. The molecule has 1 saturated carbocycles. The Kier molecular flexibility index (Phi) is 8.55. The van der Waals surface area contributed by atoms with Gasteiger partial charge in [-0.25, -0.2) is 13.1 Å². The maximum atomic E-state index is 13.0. The number of anilines is 1. The van der Waals surface area contributed by atoms with Gasteiger partial charge in [0.25, 0.3) is 5.91 Å². The predicted octanol–water partition coefficient (Wildman–Crippen LogP) is 4.70. The monoisotopic (exact) mass is 559 g/mol. The number of rotatable bonds is 7. The van der Waals surface area contributed by atoms with Gasteiger partial charge in [0.05, 0.1) is 15.5 Å². The highest BCUT2D eigenvalue weighted by Gasteiger charge is 2.31. The molecule has 0 radical (unpaired) electrons. The molecule has 2 fully saturated rings. The normalized spacial score (nSPS) is 17.6. The van der Waals surface area contributed by atoms with Crippen molar-refractivity contribution in [2.45, 2.75) is 49.2 Å². The Bertz CT molecular complexity index is 1210.